The van der Waals surface area contributed by atoms with E-state index in [4.69, 9.17) is 0 Å². The molecule has 1 N–H and O–H groups in total. The molecular formula is C17H44FN. The molecule has 0 fully saturated rings. The molecule has 2 heteroatoms. The van der Waals surface area contributed by atoms with E-state index in [1.165, 1.54) is 0 Å². The molecule has 0 aromatic heterocycles. The molecule has 0 unspecified atom stereocenters. The normalized spacial score (nSPS) is 7.58. The fraction of sp³-hybridized carbons (Fsp3) is 0.647. The highest BCUT2D eigenvalue weighted by Gasteiger charge is 1.50. The van der Waals surface area contributed by atoms with Crippen LogP contribution in [-0.2, 0) is 0 Å². The van der Waals surface area contributed by atoms with Gasteiger partial charge in [-0.25, -0.2) is 0 Å². The number of halogens is 1. The molecule has 0 rings (SSSR count). The van der Waals surface area contributed by atoms with Crippen LogP contribution in [0.15, 0.2) is 36.5 Å². The van der Waals surface area contributed by atoms with Gasteiger partial charge in [0.25, 0.3) is 0 Å². The molecular weight excluding hydrogens is 237 g/mol. The zero-order valence-corrected chi connectivity index (χ0v) is 13.1. The van der Waals surface area contributed by atoms with E-state index >= 15 is 0 Å². The van der Waals surface area contributed by atoms with Crippen molar-refractivity contribution in [2.45, 2.75) is 63.3 Å². The largest absolute Gasteiger partial charge is 0.320 e. The minimum Gasteiger partial charge on any atom is -0.320 e. The summed E-state index contributed by atoms with van der Waals surface area (Å²) in [6.45, 7) is 15.1. The first-order chi connectivity index (χ1) is 7.66. The molecule has 0 aliphatic carbocycles. The Morgan fingerprint density at radius 3 is 0.789 bits per heavy atom. The smallest absolute Gasteiger partial charge is 0 e. The number of allylic oxidation sites excluding steroid dienone is 6. The Balaban J connectivity index is -0.0000000150. The molecule has 0 aliphatic heterocycles. The molecule has 0 amide bonds. The van der Waals surface area contributed by atoms with Crippen LogP contribution in [0.2, 0.25) is 0 Å². The average Bonchev–Trinajstić information content (AvgIpc) is 2.39. The van der Waals surface area contributed by atoms with Gasteiger partial charge in [0, 0.05) is 1.43 Å². The van der Waals surface area contributed by atoms with Gasteiger partial charge in [-0.3, -0.25) is 4.70 Å². The lowest BCUT2D eigenvalue weighted by Gasteiger charge is -1.76. The Morgan fingerprint density at radius 2 is 0.789 bits per heavy atom. The molecule has 0 saturated carbocycles. The molecule has 0 saturated heterocycles. The standard InChI is InChI=1S/3C4H8.C3H9N.2CH4.FH.H2/c4*1-3-4-2;;;;/h3*3-4H,1-2H3;4H,3H2,1-2H3;2*1H4;2*1H/b3*4-3-;;;;;/i;;;;;;;1+1. The van der Waals surface area contributed by atoms with Gasteiger partial charge in [-0.15, -0.1) is 0 Å². The Morgan fingerprint density at radius 1 is 0.684 bits per heavy atom. The van der Waals surface area contributed by atoms with Crippen molar-refractivity contribution in [1.29, 1.82) is 0 Å². The third kappa shape index (κ3) is 404. The highest BCUT2D eigenvalue weighted by atomic mass is 19.0. The predicted molar refractivity (Wildman–Crippen MR) is 99.1 cm³/mol. The Bertz CT molecular complexity index is 106. The topological polar surface area (TPSA) is 12.0 Å². The molecule has 0 bridgehead atoms. The minimum absolute atomic E-state index is 0. The van der Waals surface area contributed by atoms with Gasteiger partial charge in [-0.2, -0.15) is 0 Å². The van der Waals surface area contributed by atoms with Crippen LogP contribution in [0.1, 0.15) is 64.7 Å². The van der Waals surface area contributed by atoms with Crippen molar-refractivity contribution in [2.24, 2.45) is 0 Å². The summed E-state index contributed by atoms with van der Waals surface area (Å²) >= 11 is 0. The van der Waals surface area contributed by atoms with Crippen LogP contribution in [0.3, 0.4) is 0 Å². The zero-order valence-electron chi connectivity index (χ0n) is 13.1. The summed E-state index contributed by atoms with van der Waals surface area (Å²) in [6.07, 6.45) is 12.0. The van der Waals surface area contributed by atoms with Crippen LogP contribution in [0.25, 0.3) is 0 Å². The van der Waals surface area contributed by atoms with Crippen molar-refractivity contribution in [2.75, 3.05) is 13.6 Å². The van der Waals surface area contributed by atoms with Gasteiger partial charge in [0.05, 0.1) is 0 Å². The van der Waals surface area contributed by atoms with Crippen molar-refractivity contribution in [1.82, 2.24) is 5.32 Å². The van der Waals surface area contributed by atoms with Crippen molar-refractivity contribution < 1.29 is 6.13 Å². The van der Waals surface area contributed by atoms with Crippen molar-refractivity contribution >= 4 is 0 Å². The molecule has 1 nitrogen and oxygen atoms in total. The van der Waals surface area contributed by atoms with Crippen LogP contribution in [0, 0.1) is 0 Å². The summed E-state index contributed by atoms with van der Waals surface area (Å²) in [5.41, 5.74) is 0. The maximum atomic E-state index is 2.93. The number of rotatable bonds is 1. The first-order valence-electron chi connectivity index (χ1n) is 6.02. The Hall–Kier alpha value is -0.890. The maximum absolute atomic E-state index is 2.93. The SMILES string of the molecule is C.C.C/C=C\C.C/C=C\C.C/C=C\C.CCNC.F.[2HH]. The van der Waals surface area contributed by atoms with Crippen LogP contribution in [0.4, 0.5) is 4.70 Å². The minimum atomic E-state index is 0. The van der Waals surface area contributed by atoms with Gasteiger partial charge in [-0.05, 0) is 55.1 Å². The monoisotopic (exact) mass is 282 g/mol. The third-order valence-corrected chi connectivity index (χ3v) is 1.35. The fourth-order valence-electron chi connectivity index (χ4n) is 0. The molecule has 0 radical (unpaired) electrons. The van der Waals surface area contributed by atoms with Crippen molar-refractivity contribution in [3.8, 4) is 0 Å². The van der Waals surface area contributed by atoms with Gasteiger partial charge in [0.1, 0.15) is 0 Å². The molecule has 0 aromatic carbocycles. The lowest BCUT2D eigenvalue weighted by atomic mass is 10.6. The Labute approximate surface area is 125 Å². The molecule has 0 atom stereocenters. The van der Waals surface area contributed by atoms with E-state index in [9.17, 15) is 0 Å². The van der Waals surface area contributed by atoms with E-state index in [1.54, 1.807) is 0 Å². The van der Waals surface area contributed by atoms with Crippen molar-refractivity contribution in [3.63, 3.8) is 0 Å². The second kappa shape index (κ2) is 87.8. The molecule has 0 spiro atoms. The van der Waals surface area contributed by atoms with Crippen molar-refractivity contribution in [3.05, 3.63) is 36.5 Å². The Kier molecular flexibility index (Phi) is 199. The predicted octanol–water partition coefficient (Wildman–Crippen LogP) is 6.64. The van der Waals surface area contributed by atoms with Crippen LogP contribution < -0.4 is 5.32 Å². The molecule has 0 aromatic rings. The number of hydrogen-bond donors (Lipinski definition) is 1. The molecule has 0 heterocycles. The average molecular weight is 283 g/mol. The van der Waals surface area contributed by atoms with Gasteiger partial charge >= 0.3 is 0 Å². The van der Waals surface area contributed by atoms with Gasteiger partial charge < -0.3 is 5.32 Å². The van der Waals surface area contributed by atoms with E-state index in [0.29, 0.717) is 0 Å². The quantitative estimate of drug-likeness (QED) is 0.531. The molecule has 0 aliphatic rings. The van der Waals surface area contributed by atoms with E-state index < -0.39 is 0 Å². The van der Waals surface area contributed by atoms with E-state index in [0.717, 1.165) is 6.54 Å². The molecule has 19 heavy (non-hydrogen) atoms. The van der Waals surface area contributed by atoms with E-state index in [1.807, 2.05) is 85.0 Å². The van der Waals surface area contributed by atoms with Crippen LogP contribution >= 0.6 is 0 Å². The summed E-state index contributed by atoms with van der Waals surface area (Å²) in [4.78, 5) is 0. The summed E-state index contributed by atoms with van der Waals surface area (Å²) in [6, 6.07) is 0. The highest BCUT2D eigenvalue weighted by Crippen LogP contribution is 1.57. The summed E-state index contributed by atoms with van der Waals surface area (Å²) in [5.74, 6) is 0. The highest BCUT2D eigenvalue weighted by molar-refractivity contribution is 4.69. The van der Waals surface area contributed by atoms with E-state index in [-0.39, 0.29) is 21.0 Å². The second-order valence-electron chi connectivity index (χ2n) is 2.71. The lowest BCUT2D eigenvalue weighted by molar-refractivity contribution is 0.864. The lowest BCUT2D eigenvalue weighted by Crippen LogP contribution is -2.01. The maximum Gasteiger partial charge on any atom is 0 e. The first-order valence-corrected chi connectivity index (χ1v) is 6.02. The summed E-state index contributed by atoms with van der Waals surface area (Å²) in [7, 11) is 1.93. The molecule has 124 valence electrons. The second-order valence-corrected chi connectivity index (χ2v) is 2.71. The third-order valence-electron chi connectivity index (χ3n) is 1.35. The summed E-state index contributed by atoms with van der Waals surface area (Å²) < 4.78 is 0. The fourth-order valence-corrected chi connectivity index (χ4v) is 0. The van der Waals surface area contributed by atoms with Crippen LogP contribution in [0.5, 0.6) is 0 Å². The van der Waals surface area contributed by atoms with Gasteiger partial charge in [0.2, 0.25) is 0 Å². The van der Waals surface area contributed by atoms with Crippen LogP contribution in [-0.4, -0.2) is 13.6 Å². The number of hydrogen-bond acceptors (Lipinski definition) is 1. The van der Waals surface area contributed by atoms with Gasteiger partial charge in [0.15, 0.2) is 0 Å². The summed E-state index contributed by atoms with van der Waals surface area (Å²) in [5, 5.41) is 2.93. The first kappa shape index (κ1) is 43.0. The number of nitrogens with one attached hydrogen (secondary N) is 1. The van der Waals surface area contributed by atoms with Gasteiger partial charge in [-0.1, -0.05) is 58.2 Å². The van der Waals surface area contributed by atoms with E-state index in [2.05, 4.69) is 12.2 Å². The zero-order chi connectivity index (χ0) is 13.7.